The summed E-state index contributed by atoms with van der Waals surface area (Å²) in [5.41, 5.74) is 3.80. The number of carbonyl (C=O) groups excluding carboxylic acids is 2. The fourth-order valence-corrected chi connectivity index (χ4v) is 3.80. The maximum Gasteiger partial charge on any atom is 0.338 e. The molecule has 0 saturated carbocycles. The number of carbonyl (C=O) groups is 2. The van der Waals surface area contributed by atoms with Crippen LogP contribution in [0.2, 0.25) is 0 Å². The second kappa shape index (κ2) is 7.32. The summed E-state index contributed by atoms with van der Waals surface area (Å²) < 4.78 is 7.15. The zero-order valence-electron chi connectivity index (χ0n) is 15.2. The Morgan fingerprint density at radius 2 is 1.82 bits per heavy atom. The molecular weight excluding hydrogens is 376 g/mol. The lowest BCUT2D eigenvalue weighted by Gasteiger charge is -2.07. The van der Waals surface area contributed by atoms with Gasteiger partial charge in [0.05, 0.1) is 16.6 Å². The molecule has 7 nitrogen and oxygen atoms in total. The van der Waals surface area contributed by atoms with Gasteiger partial charge < -0.3 is 4.74 Å². The topological polar surface area (TPSA) is 87.0 Å². The Morgan fingerprint density at radius 3 is 2.57 bits per heavy atom. The lowest BCUT2D eigenvalue weighted by Crippen LogP contribution is -2.15. The van der Waals surface area contributed by atoms with Crippen LogP contribution in [0.4, 0.5) is 0 Å². The van der Waals surface area contributed by atoms with Crippen molar-refractivity contribution in [3.05, 3.63) is 70.8 Å². The molecule has 4 aromatic rings. The second-order valence-corrected chi connectivity index (χ2v) is 7.07. The van der Waals surface area contributed by atoms with Crippen LogP contribution >= 0.6 is 11.3 Å². The standard InChI is InChI=1S/C20H16N4O3S/c1-12-9-15(13(2)24(12)20-23-7-8-28-20)18(25)11-27-19(26)14-3-4-16-17(10-14)22-6-5-21-16/h3-10H,11H2,1-2H3. The third kappa shape index (κ3) is 3.29. The van der Waals surface area contributed by atoms with Crippen molar-refractivity contribution in [2.75, 3.05) is 6.61 Å². The summed E-state index contributed by atoms with van der Waals surface area (Å²) in [6.07, 6.45) is 4.86. The Balaban J connectivity index is 1.49. The Hall–Kier alpha value is -3.39. The van der Waals surface area contributed by atoms with E-state index in [4.69, 9.17) is 4.74 Å². The molecule has 0 radical (unpaired) electrons. The van der Waals surface area contributed by atoms with E-state index < -0.39 is 5.97 Å². The zero-order chi connectivity index (χ0) is 19.7. The Morgan fingerprint density at radius 1 is 1.04 bits per heavy atom. The molecule has 28 heavy (non-hydrogen) atoms. The molecule has 0 aliphatic rings. The van der Waals surface area contributed by atoms with Crippen LogP contribution in [0.3, 0.4) is 0 Å². The van der Waals surface area contributed by atoms with E-state index in [1.54, 1.807) is 42.9 Å². The van der Waals surface area contributed by atoms with Gasteiger partial charge in [-0.3, -0.25) is 19.3 Å². The summed E-state index contributed by atoms with van der Waals surface area (Å²) >= 11 is 1.49. The number of fused-ring (bicyclic) bond motifs is 1. The van der Waals surface area contributed by atoms with E-state index in [1.165, 1.54) is 11.3 Å². The van der Waals surface area contributed by atoms with Crippen molar-refractivity contribution in [2.24, 2.45) is 0 Å². The van der Waals surface area contributed by atoms with Crippen molar-refractivity contribution in [1.29, 1.82) is 0 Å². The largest absolute Gasteiger partial charge is 0.454 e. The number of benzene rings is 1. The van der Waals surface area contributed by atoms with Crippen LogP contribution in [0.5, 0.6) is 0 Å². The number of nitrogens with zero attached hydrogens (tertiary/aromatic N) is 4. The van der Waals surface area contributed by atoms with Crippen LogP contribution < -0.4 is 0 Å². The van der Waals surface area contributed by atoms with Crippen LogP contribution in [-0.4, -0.2) is 37.9 Å². The highest BCUT2D eigenvalue weighted by Crippen LogP contribution is 2.22. The lowest BCUT2D eigenvalue weighted by molar-refractivity contribution is 0.0474. The maximum atomic E-state index is 12.6. The van der Waals surface area contributed by atoms with Crippen LogP contribution in [-0.2, 0) is 4.74 Å². The molecule has 0 amide bonds. The minimum Gasteiger partial charge on any atom is -0.454 e. The first-order valence-corrected chi connectivity index (χ1v) is 9.42. The minimum absolute atomic E-state index is 0.259. The summed E-state index contributed by atoms with van der Waals surface area (Å²) in [6.45, 7) is 3.43. The molecule has 0 spiro atoms. The molecule has 0 bridgehead atoms. The van der Waals surface area contributed by atoms with E-state index in [2.05, 4.69) is 15.0 Å². The van der Waals surface area contributed by atoms with E-state index in [-0.39, 0.29) is 12.4 Å². The monoisotopic (exact) mass is 392 g/mol. The average Bonchev–Trinajstić information content (AvgIpc) is 3.33. The molecule has 0 saturated heterocycles. The summed E-state index contributed by atoms with van der Waals surface area (Å²) in [7, 11) is 0. The van der Waals surface area contributed by atoms with Gasteiger partial charge in [-0.05, 0) is 38.1 Å². The molecule has 0 atom stereocenters. The fraction of sp³-hybridized carbons (Fsp3) is 0.150. The Bertz CT molecular complexity index is 1180. The highest BCUT2D eigenvalue weighted by Gasteiger charge is 2.19. The highest BCUT2D eigenvalue weighted by atomic mass is 32.1. The molecule has 3 aromatic heterocycles. The van der Waals surface area contributed by atoms with Gasteiger partial charge in [-0.25, -0.2) is 9.78 Å². The minimum atomic E-state index is -0.574. The smallest absolute Gasteiger partial charge is 0.338 e. The molecule has 1 aromatic carbocycles. The number of rotatable bonds is 5. The van der Waals surface area contributed by atoms with Crippen molar-refractivity contribution in [3.63, 3.8) is 0 Å². The van der Waals surface area contributed by atoms with Gasteiger partial charge in [-0.15, -0.1) is 11.3 Å². The van der Waals surface area contributed by atoms with Crippen molar-refractivity contribution in [3.8, 4) is 5.13 Å². The van der Waals surface area contributed by atoms with Crippen LogP contribution in [0.1, 0.15) is 32.1 Å². The highest BCUT2D eigenvalue weighted by molar-refractivity contribution is 7.12. The number of aryl methyl sites for hydroxylation is 1. The summed E-state index contributed by atoms with van der Waals surface area (Å²) in [5, 5.41) is 2.68. The van der Waals surface area contributed by atoms with Gasteiger partial charge in [0.2, 0.25) is 5.78 Å². The SMILES string of the molecule is Cc1cc(C(=O)COC(=O)c2ccc3nccnc3c2)c(C)n1-c1nccs1. The van der Waals surface area contributed by atoms with Gasteiger partial charge >= 0.3 is 5.97 Å². The van der Waals surface area contributed by atoms with Crippen LogP contribution in [0.15, 0.2) is 48.2 Å². The summed E-state index contributed by atoms with van der Waals surface area (Å²) in [4.78, 5) is 37.6. The Kier molecular flexibility index (Phi) is 4.70. The molecule has 0 fully saturated rings. The number of hydrogen-bond acceptors (Lipinski definition) is 7. The maximum absolute atomic E-state index is 12.6. The van der Waals surface area contributed by atoms with Gasteiger partial charge in [0.15, 0.2) is 11.7 Å². The first kappa shape index (κ1) is 18.0. The number of ether oxygens (including phenoxy) is 1. The first-order valence-electron chi connectivity index (χ1n) is 8.54. The number of aromatic nitrogens is 4. The molecule has 140 valence electrons. The van der Waals surface area contributed by atoms with Crippen molar-refractivity contribution in [2.45, 2.75) is 13.8 Å². The third-order valence-electron chi connectivity index (χ3n) is 4.38. The Labute approximate surface area is 164 Å². The molecule has 3 heterocycles. The number of hydrogen-bond donors (Lipinski definition) is 0. The van der Waals surface area contributed by atoms with E-state index in [0.717, 1.165) is 16.5 Å². The van der Waals surface area contributed by atoms with Crippen LogP contribution in [0, 0.1) is 13.8 Å². The summed E-state index contributed by atoms with van der Waals surface area (Å²) in [6, 6.07) is 6.70. The van der Waals surface area contributed by atoms with E-state index in [9.17, 15) is 9.59 Å². The lowest BCUT2D eigenvalue weighted by atomic mass is 10.1. The second-order valence-electron chi connectivity index (χ2n) is 6.19. The average molecular weight is 392 g/mol. The fourth-order valence-electron chi connectivity index (χ4n) is 3.05. The quantitative estimate of drug-likeness (QED) is 0.381. The number of Topliss-reactive ketones (excluding diaryl/α,β-unsaturated/α-hetero) is 1. The molecule has 0 unspecified atom stereocenters. The van der Waals surface area contributed by atoms with Gasteiger partial charge in [0.25, 0.3) is 0 Å². The number of esters is 1. The van der Waals surface area contributed by atoms with E-state index in [0.29, 0.717) is 22.2 Å². The van der Waals surface area contributed by atoms with Gasteiger partial charge in [0.1, 0.15) is 0 Å². The van der Waals surface area contributed by atoms with Gasteiger partial charge in [0, 0.05) is 40.9 Å². The predicted octanol–water partition coefficient (Wildman–Crippen LogP) is 3.53. The van der Waals surface area contributed by atoms with Crippen LogP contribution in [0.25, 0.3) is 16.2 Å². The zero-order valence-corrected chi connectivity index (χ0v) is 16.1. The molecule has 8 heteroatoms. The molecule has 4 rings (SSSR count). The van der Waals surface area contributed by atoms with Crippen molar-refractivity contribution >= 4 is 34.1 Å². The van der Waals surface area contributed by atoms with E-state index >= 15 is 0 Å². The van der Waals surface area contributed by atoms with Gasteiger partial charge in [-0.1, -0.05) is 0 Å². The number of thiazole rings is 1. The van der Waals surface area contributed by atoms with Crippen molar-refractivity contribution < 1.29 is 14.3 Å². The normalized spacial score (nSPS) is 10.9. The molecular formula is C20H16N4O3S. The molecule has 0 N–H and O–H groups in total. The third-order valence-corrected chi connectivity index (χ3v) is 5.14. The molecule has 0 aliphatic heterocycles. The first-order chi connectivity index (χ1) is 13.5. The number of ketones is 1. The molecule has 0 aliphatic carbocycles. The van der Waals surface area contributed by atoms with Gasteiger partial charge in [-0.2, -0.15) is 0 Å². The summed E-state index contributed by atoms with van der Waals surface area (Å²) in [5.74, 6) is -0.834. The van der Waals surface area contributed by atoms with Crippen molar-refractivity contribution in [1.82, 2.24) is 19.5 Å². The van der Waals surface area contributed by atoms with E-state index in [1.807, 2.05) is 23.8 Å². The predicted molar refractivity (Wildman–Crippen MR) is 105 cm³/mol.